The lowest BCUT2D eigenvalue weighted by atomic mass is 10.0. The molecule has 0 aliphatic rings. The predicted octanol–water partition coefficient (Wildman–Crippen LogP) is 2.31. The van der Waals surface area contributed by atoms with Gasteiger partial charge in [-0.05, 0) is 23.6 Å². The molecular weight excluding hydrogens is 310 g/mol. The van der Waals surface area contributed by atoms with Gasteiger partial charge in [0.05, 0.1) is 13.5 Å². The van der Waals surface area contributed by atoms with Crippen LogP contribution in [0, 0.1) is 5.92 Å². The van der Waals surface area contributed by atoms with Crippen molar-refractivity contribution in [1.29, 1.82) is 0 Å². The molecular formula is C14H18BrNO3. The third-order valence-electron chi connectivity index (χ3n) is 2.69. The summed E-state index contributed by atoms with van der Waals surface area (Å²) in [6.07, 6.45) is 0.236. The van der Waals surface area contributed by atoms with Crippen LogP contribution >= 0.6 is 15.9 Å². The van der Waals surface area contributed by atoms with Gasteiger partial charge in [-0.15, -0.1) is 0 Å². The summed E-state index contributed by atoms with van der Waals surface area (Å²) in [6, 6.07) is 6.90. The third-order valence-corrected chi connectivity index (χ3v) is 3.19. The van der Waals surface area contributed by atoms with Crippen LogP contribution in [-0.2, 0) is 20.7 Å². The molecule has 0 saturated heterocycles. The fourth-order valence-corrected chi connectivity index (χ4v) is 2.13. The van der Waals surface area contributed by atoms with Crippen LogP contribution in [0.2, 0.25) is 0 Å². The van der Waals surface area contributed by atoms with Crippen molar-refractivity contribution in [3.05, 3.63) is 34.3 Å². The molecule has 0 heterocycles. The molecule has 104 valence electrons. The first-order valence-electron chi connectivity index (χ1n) is 6.05. The number of esters is 1. The summed E-state index contributed by atoms with van der Waals surface area (Å²) in [7, 11) is 1.32. The third kappa shape index (κ3) is 5.03. The van der Waals surface area contributed by atoms with E-state index in [4.69, 9.17) is 0 Å². The van der Waals surface area contributed by atoms with Gasteiger partial charge < -0.3 is 10.1 Å². The summed E-state index contributed by atoms with van der Waals surface area (Å²) < 4.78 is 5.61. The van der Waals surface area contributed by atoms with E-state index in [-0.39, 0.29) is 18.2 Å². The van der Waals surface area contributed by atoms with Crippen molar-refractivity contribution in [2.45, 2.75) is 26.3 Å². The molecule has 0 saturated carbocycles. The van der Waals surface area contributed by atoms with E-state index in [1.54, 1.807) is 0 Å². The number of rotatable bonds is 5. The van der Waals surface area contributed by atoms with Crippen LogP contribution < -0.4 is 5.32 Å². The average Bonchev–Trinajstić information content (AvgIpc) is 2.34. The molecule has 0 bridgehead atoms. The van der Waals surface area contributed by atoms with Crippen LogP contribution in [-0.4, -0.2) is 25.0 Å². The zero-order valence-electron chi connectivity index (χ0n) is 11.3. The van der Waals surface area contributed by atoms with Gasteiger partial charge >= 0.3 is 5.97 Å². The molecule has 1 unspecified atom stereocenters. The van der Waals surface area contributed by atoms with Gasteiger partial charge in [0, 0.05) is 4.47 Å². The number of hydrogen-bond acceptors (Lipinski definition) is 3. The van der Waals surface area contributed by atoms with Gasteiger partial charge in [-0.3, -0.25) is 4.79 Å². The SMILES string of the molecule is COC(=O)C(NC(=O)Cc1cccc(Br)c1)C(C)C. The van der Waals surface area contributed by atoms with Crippen molar-refractivity contribution in [2.24, 2.45) is 5.92 Å². The number of carbonyl (C=O) groups is 2. The first kappa shape index (κ1) is 15.7. The topological polar surface area (TPSA) is 55.4 Å². The van der Waals surface area contributed by atoms with Gasteiger partial charge in [0.1, 0.15) is 6.04 Å². The van der Waals surface area contributed by atoms with Gasteiger partial charge in [0.15, 0.2) is 0 Å². The first-order valence-corrected chi connectivity index (χ1v) is 6.85. The summed E-state index contributed by atoms with van der Waals surface area (Å²) in [6.45, 7) is 3.72. The van der Waals surface area contributed by atoms with Crippen LogP contribution in [0.15, 0.2) is 28.7 Å². The highest BCUT2D eigenvalue weighted by Crippen LogP contribution is 2.12. The van der Waals surface area contributed by atoms with E-state index in [9.17, 15) is 9.59 Å². The number of hydrogen-bond donors (Lipinski definition) is 1. The van der Waals surface area contributed by atoms with E-state index in [0.29, 0.717) is 0 Å². The summed E-state index contributed by atoms with van der Waals surface area (Å²) in [5, 5.41) is 2.71. The Hall–Kier alpha value is -1.36. The Morgan fingerprint density at radius 3 is 2.58 bits per heavy atom. The van der Waals surface area contributed by atoms with Gasteiger partial charge in [-0.25, -0.2) is 4.79 Å². The van der Waals surface area contributed by atoms with Crippen molar-refractivity contribution >= 4 is 27.8 Å². The molecule has 1 aromatic carbocycles. The number of ether oxygens (including phenoxy) is 1. The largest absolute Gasteiger partial charge is 0.467 e. The van der Waals surface area contributed by atoms with Crippen molar-refractivity contribution in [2.75, 3.05) is 7.11 Å². The molecule has 0 aromatic heterocycles. The van der Waals surface area contributed by atoms with Crippen LogP contribution in [0.5, 0.6) is 0 Å². The second kappa shape index (κ2) is 7.28. The Morgan fingerprint density at radius 2 is 2.05 bits per heavy atom. The van der Waals surface area contributed by atoms with Crippen molar-refractivity contribution < 1.29 is 14.3 Å². The molecule has 0 fully saturated rings. The lowest BCUT2D eigenvalue weighted by Crippen LogP contribution is -2.45. The Bertz CT molecular complexity index is 460. The maximum Gasteiger partial charge on any atom is 0.328 e. The number of amides is 1. The fraction of sp³-hybridized carbons (Fsp3) is 0.429. The van der Waals surface area contributed by atoms with E-state index in [0.717, 1.165) is 10.0 Å². The second-order valence-electron chi connectivity index (χ2n) is 4.62. The minimum Gasteiger partial charge on any atom is -0.467 e. The minimum absolute atomic E-state index is 0.0149. The fourth-order valence-electron chi connectivity index (χ4n) is 1.68. The summed E-state index contributed by atoms with van der Waals surface area (Å²) in [5.41, 5.74) is 0.888. The van der Waals surface area contributed by atoms with Gasteiger partial charge in [-0.1, -0.05) is 41.9 Å². The Morgan fingerprint density at radius 1 is 1.37 bits per heavy atom. The van der Waals surface area contributed by atoms with Gasteiger partial charge in [0.25, 0.3) is 0 Å². The van der Waals surface area contributed by atoms with E-state index in [2.05, 4.69) is 26.0 Å². The predicted molar refractivity (Wildman–Crippen MR) is 76.6 cm³/mol. The van der Waals surface area contributed by atoms with Crippen molar-refractivity contribution in [1.82, 2.24) is 5.32 Å². The number of halogens is 1. The van der Waals surface area contributed by atoms with Crippen molar-refractivity contribution in [3.63, 3.8) is 0 Å². The quantitative estimate of drug-likeness (QED) is 0.844. The highest BCUT2D eigenvalue weighted by molar-refractivity contribution is 9.10. The standard InChI is InChI=1S/C14H18BrNO3/c1-9(2)13(14(18)19-3)16-12(17)8-10-5-4-6-11(15)7-10/h4-7,9,13H,8H2,1-3H3,(H,16,17). The lowest BCUT2D eigenvalue weighted by molar-refractivity contribution is -0.146. The Labute approximate surface area is 121 Å². The number of benzene rings is 1. The molecule has 0 spiro atoms. The maximum atomic E-state index is 11.9. The number of nitrogens with one attached hydrogen (secondary N) is 1. The molecule has 1 N–H and O–H groups in total. The average molecular weight is 328 g/mol. The van der Waals surface area contributed by atoms with E-state index in [1.165, 1.54) is 7.11 Å². The van der Waals surface area contributed by atoms with E-state index >= 15 is 0 Å². The van der Waals surface area contributed by atoms with Crippen molar-refractivity contribution in [3.8, 4) is 0 Å². The molecule has 1 amide bonds. The Balaban J connectivity index is 2.65. The van der Waals surface area contributed by atoms with E-state index in [1.807, 2.05) is 38.1 Å². The van der Waals surface area contributed by atoms with Crippen LogP contribution in [0.3, 0.4) is 0 Å². The zero-order valence-corrected chi connectivity index (χ0v) is 12.9. The molecule has 0 radical (unpaired) electrons. The smallest absolute Gasteiger partial charge is 0.328 e. The van der Waals surface area contributed by atoms with E-state index < -0.39 is 12.0 Å². The zero-order chi connectivity index (χ0) is 14.4. The molecule has 0 aliphatic heterocycles. The molecule has 1 atom stereocenters. The summed E-state index contributed by atoms with van der Waals surface area (Å²) in [5.74, 6) is -0.626. The molecule has 0 aliphatic carbocycles. The first-order chi connectivity index (χ1) is 8.93. The van der Waals surface area contributed by atoms with Crippen LogP contribution in [0.25, 0.3) is 0 Å². The molecule has 5 heteroatoms. The van der Waals surface area contributed by atoms with Gasteiger partial charge in [-0.2, -0.15) is 0 Å². The molecule has 1 rings (SSSR count). The summed E-state index contributed by atoms with van der Waals surface area (Å²) in [4.78, 5) is 23.5. The molecule has 19 heavy (non-hydrogen) atoms. The minimum atomic E-state index is -0.607. The van der Waals surface area contributed by atoms with Crippen LogP contribution in [0.1, 0.15) is 19.4 Å². The number of carbonyl (C=O) groups excluding carboxylic acids is 2. The van der Waals surface area contributed by atoms with Crippen LogP contribution in [0.4, 0.5) is 0 Å². The Kier molecular flexibility index (Phi) is 6.02. The lowest BCUT2D eigenvalue weighted by Gasteiger charge is -2.19. The highest BCUT2D eigenvalue weighted by Gasteiger charge is 2.24. The monoisotopic (exact) mass is 327 g/mol. The maximum absolute atomic E-state index is 11.9. The normalized spacial score (nSPS) is 12.1. The number of methoxy groups -OCH3 is 1. The highest BCUT2D eigenvalue weighted by atomic mass is 79.9. The summed E-state index contributed by atoms with van der Waals surface area (Å²) >= 11 is 3.35. The second-order valence-corrected chi connectivity index (χ2v) is 5.53. The van der Waals surface area contributed by atoms with Gasteiger partial charge in [0.2, 0.25) is 5.91 Å². The molecule has 1 aromatic rings. The molecule has 4 nitrogen and oxygen atoms in total.